The lowest BCUT2D eigenvalue weighted by atomic mass is 10.2. The lowest BCUT2D eigenvalue weighted by Crippen LogP contribution is -2.05. The predicted molar refractivity (Wildman–Crippen MR) is 74.7 cm³/mol. The van der Waals surface area contributed by atoms with Gasteiger partial charge in [0.2, 0.25) is 0 Å². The maximum absolute atomic E-state index is 11.0. The largest absolute Gasteiger partial charge is 0.476 e. The standard InChI is InChI=1S/C11H5Cl3N4O2/c12-4-1-6(13)9(7(14)2-4)18-10(16)5(3-15)8(17-18)11(19)20/h1-2H,16H2,(H,19,20). The number of aromatic nitrogens is 2. The van der Waals surface area contributed by atoms with Gasteiger partial charge in [-0.2, -0.15) is 10.4 Å². The Labute approximate surface area is 127 Å². The fourth-order valence-corrected chi connectivity index (χ4v) is 2.58. The lowest BCUT2D eigenvalue weighted by molar-refractivity contribution is 0.0689. The second-order valence-electron chi connectivity index (χ2n) is 3.66. The maximum Gasteiger partial charge on any atom is 0.357 e. The van der Waals surface area contributed by atoms with Gasteiger partial charge in [-0.15, -0.1) is 0 Å². The Bertz CT molecular complexity index is 741. The number of hydrogen-bond acceptors (Lipinski definition) is 4. The molecule has 0 spiro atoms. The van der Waals surface area contributed by atoms with Gasteiger partial charge in [-0.1, -0.05) is 34.8 Å². The summed E-state index contributed by atoms with van der Waals surface area (Å²) in [5, 5.41) is 22.3. The molecule has 1 aromatic carbocycles. The van der Waals surface area contributed by atoms with Crippen LogP contribution >= 0.6 is 34.8 Å². The van der Waals surface area contributed by atoms with Crippen LogP contribution in [0.1, 0.15) is 16.1 Å². The van der Waals surface area contributed by atoms with Crippen molar-refractivity contribution in [1.82, 2.24) is 9.78 Å². The number of nitriles is 1. The highest BCUT2D eigenvalue weighted by Crippen LogP contribution is 2.34. The quantitative estimate of drug-likeness (QED) is 0.880. The number of carbonyl (C=O) groups is 1. The van der Waals surface area contributed by atoms with Crippen molar-refractivity contribution in [2.45, 2.75) is 0 Å². The first-order chi connectivity index (χ1) is 9.36. The van der Waals surface area contributed by atoms with E-state index in [1.807, 2.05) is 0 Å². The van der Waals surface area contributed by atoms with Crippen molar-refractivity contribution < 1.29 is 9.90 Å². The molecule has 0 aliphatic rings. The molecule has 102 valence electrons. The Morgan fingerprint density at radius 2 is 1.90 bits per heavy atom. The lowest BCUT2D eigenvalue weighted by Gasteiger charge is -2.09. The highest BCUT2D eigenvalue weighted by molar-refractivity contribution is 6.40. The predicted octanol–water partition coefficient (Wildman–Crippen LogP) is 2.98. The average Bonchev–Trinajstić information content (AvgIpc) is 2.65. The molecule has 1 heterocycles. The highest BCUT2D eigenvalue weighted by atomic mass is 35.5. The van der Waals surface area contributed by atoms with Crippen molar-refractivity contribution in [3.63, 3.8) is 0 Å². The summed E-state index contributed by atoms with van der Waals surface area (Å²) < 4.78 is 1.00. The van der Waals surface area contributed by atoms with Crippen LogP contribution in [0.15, 0.2) is 12.1 Å². The second-order valence-corrected chi connectivity index (χ2v) is 4.91. The van der Waals surface area contributed by atoms with Crippen LogP contribution in [-0.2, 0) is 0 Å². The fraction of sp³-hybridized carbons (Fsp3) is 0. The Hall–Kier alpha value is -1.94. The number of nitrogen functional groups attached to an aromatic ring is 1. The van der Waals surface area contributed by atoms with Gasteiger partial charge in [0.05, 0.1) is 10.0 Å². The summed E-state index contributed by atoms with van der Waals surface area (Å²) in [6.45, 7) is 0. The molecule has 0 fully saturated rings. The van der Waals surface area contributed by atoms with E-state index in [-0.39, 0.29) is 27.1 Å². The SMILES string of the molecule is N#Cc1c(C(=O)O)nn(-c2c(Cl)cc(Cl)cc2Cl)c1N. The van der Waals surface area contributed by atoms with Crippen LogP contribution in [0.2, 0.25) is 15.1 Å². The Kier molecular flexibility index (Phi) is 3.77. The molecule has 3 N–H and O–H groups in total. The van der Waals surface area contributed by atoms with E-state index in [1.54, 1.807) is 6.07 Å². The van der Waals surface area contributed by atoms with Crippen LogP contribution in [-0.4, -0.2) is 20.9 Å². The molecule has 1 aromatic heterocycles. The summed E-state index contributed by atoms with van der Waals surface area (Å²) in [4.78, 5) is 11.0. The number of carboxylic acids is 1. The van der Waals surface area contributed by atoms with E-state index in [1.165, 1.54) is 12.1 Å². The number of nitrogens with zero attached hydrogens (tertiary/aromatic N) is 3. The number of hydrogen-bond donors (Lipinski definition) is 2. The van der Waals surface area contributed by atoms with E-state index >= 15 is 0 Å². The van der Waals surface area contributed by atoms with Gasteiger partial charge in [-0.05, 0) is 12.1 Å². The first-order valence-corrected chi connectivity index (χ1v) is 6.17. The molecule has 6 nitrogen and oxygen atoms in total. The van der Waals surface area contributed by atoms with Crippen LogP contribution in [0.5, 0.6) is 0 Å². The first kappa shape index (κ1) is 14.5. The maximum atomic E-state index is 11.0. The zero-order valence-electron chi connectivity index (χ0n) is 9.56. The zero-order chi connectivity index (χ0) is 15.0. The molecule has 20 heavy (non-hydrogen) atoms. The first-order valence-electron chi connectivity index (χ1n) is 5.03. The number of benzene rings is 1. The molecule has 9 heteroatoms. The third-order valence-corrected chi connectivity index (χ3v) is 3.22. The molecule has 0 saturated heterocycles. The van der Waals surface area contributed by atoms with Crippen LogP contribution in [0.3, 0.4) is 0 Å². The van der Waals surface area contributed by atoms with Gasteiger partial charge in [0, 0.05) is 5.02 Å². The molecule has 0 amide bonds. The van der Waals surface area contributed by atoms with E-state index < -0.39 is 11.7 Å². The van der Waals surface area contributed by atoms with Gasteiger partial charge < -0.3 is 10.8 Å². The van der Waals surface area contributed by atoms with Crippen molar-refractivity contribution in [2.24, 2.45) is 0 Å². The minimum atomic E-state index is -1.38. The molecular formula is C11H5Cl3N4O2. The summed E-state index contributed by atoms with van der Waals surface area (Å²) in [7, 11) is 0. The summed E-state index contributed by atoms with van der Waals surface area (Å²) in [6, 6.07) is 4.49. The van der Waals surface area contributed by atoms with Gasteiger partial charge in [-0.25, -0.2) is 9.48 Å². The van der Waals surface area contributed by atoms with E-state index in [0.29, 0.717) is 5.02 Å². The van der Waals surface area contributed by atoms with E-state index in [2.05, 4.69) is 5.10 Å². The van der Waals surface area contributed by atoms with E-state index in [4.69, 9.17) is 50.9 Å². The molecule has 0 unspecified atom stereocenters. The van der Waals surface area contributed by atoms with Crippen LogP contribution in [0.4, 0.5) is 5.82 Å². The summed E-state index contributed by atoms with van der Waals surface area (Å²) in [6.07, 6.45) is 0. The summed E-state index contributed by atoms with van der Waals surface area (Å²) >= 11 is 17.8. The van der Waals surface area contributed by atoms with Crippen molar-refractivity contribution in [3.05, 3.63) is 38.5 Å². The third-order valence-electron chi connectivity index (χ3n) is 2.43. The Morgan fingerprint density at radius 1 is 1.35 bits per heavy atom. The van der Waals surface area contributed by atoms with E-state index in [9.17, 15) is 4.79 Å². The van der Waals surface area contributed by atoms with Gasteiger partial charge >= 0.3 is 5.97 Å². The summed E-state index contributed by atoms with van der Waals surface area (Å²) in [5.74, 6) is -1.55. The number of carboxylic acid groups (broad SMARTS) is 1. The fourth-order valence-electron chi connectivity index (χ4n) is 1.60. The molecule has 0 aliphatic heterocycles. The molecular weight excluding hydrogens is 327 g/mol. The number of aromatic carboxylic acids is 1. The topological polar surface area (TPSA) is 105 Å². The van der Waals surface area contributed by atoms with Gasteiger partial charge in [0.1, 0.15) is 23.1 Å². The number of anilines is 1. The van der Waals surface area contributed by atoms with Crippen molar-refractivity contribution in [3.8, 4) is 11.8 Å². The molecule has 0 radical (unpaired) electrons. The Balaban J connectivity index is 2.79. The molecule has 0 bridgehead atoms. The zero-order valence-corrected chi connectivity index (χ0v) is 11.8. The second kappa shape index (κ2) is 5.21. The smallest absolute Gasteiger partial charge is 0.357 e. The highest BCUT2D eigenvalue weighted by Gasteiger charge is 2.24. The van der Waals surface area contributed by atoms with Crippen molar-refractivity contribution in [2.75, 3.05) is 5.73 Å². The normalized spacial score (nSPS) is 10.3. The molecule has 2 rings (SSSR count). The van der Waals surface area contributed by atoms with Crippen molar-refractivity contribution >= 4 is 46.6 Å². The molecule has 0 atom stereocenters. The molecule has 2 aromatic rings. The molecule has 0 saturated carbocycles. The van der Waals surface area contributed by atoms with Crippen molar-refractivity contribution in [1.29, 1.82) is 5.26 Å². The minimum absolute atomic E-state index is 0.123. The number of rotatable bonds is 2. The third kappa shape index (κ3) is 2.27. The minimum Gasteiger partial charge on any atom is -0.476 e. The number of nitrogens with two attached hydrogens (primary N) is 1. The Morgan fingerprint density at radius 3 is 2.30 bits per heavy atom. The van der Waals surface area contributed by atoms with Gasteiger partial charge in [-0.3, -0.25) is 0 Å². The van der Waals surface area contributed by atoms with Crippen LogP contribution in [0, 0.1) is 11.3 Å². The van der Waals surface area contributed by atoms with Gasteiger partial charge in [0.15, 0.2) is 5.69 Å². The average molecular weight is 332 g/mol. The van der Waals surface area contributed by atoms with E-state index in [0.717, 1.165) is 4.68 Å². The van der Waals surface area contributed by atoms with Gasteiger partial charge in [0.25, 0.3) is 0 Å². The van der Waals surface area contributed by atoms with Crippen LogP contribution in [0.25, 0.3) is 5.69 Å². The monoisotopic (exact) mass is 330 g/mol. The summed E-state index contributed by atoms with van der Waals surface area (Å²) in [5.41, 5.74) is 5.13. The number of halogens is 3. The van der Waals surface area contributed by atoms with Crippen LogP contribution < -0.4 is 5.73 Å². The molecule has 0 aliphatic carbocycles.